The first-order chi connectivity index (χ1) is 11.6. The van der Waals surface area contributed by atoms with Gasteiger partial charge in [0, 0.05) is 16.1 Å². The second-order valence-corrected chi connectivity index (χ2v) is 5.57. The van der Waals surface area contributed by atoms with Crippen LogP contribution >= 0.6 is 11.6 Å². The molecule has 3 aromatic rings. The highest BCUT2D eigenvalue weighted by Gasteiger charge is 2.17. The number of nitrogens with zero attached hydrogens (tertiary/aromatic N) is 1. The first kappa shape index (κ1) is 16.1. The van der Waals surface area contributed by atoms with Gasteiger partial charge >= 0.3 is 11.9 Å². The van der Waals surface area contributed by atoms with Crippen LogP contribution in [0.3, 0.4) is 0 Å². The molecule has 0 aliphatic carbocycles. The predicted octanol–water partition coefficient (Wildman–Crippen LogP) is 4.30. The summed E-state index contributed by atoms with van der Waals surface area (Å²) in [5.74, 6) is -0.161. The molecule has 1 N–H and O–H groups in total. The molecule has 122 valence electrons. The number of aromatic nitrogens is 1. The third-order valence-corrected chi connectivity index (χ3v) is 3.71. The summed E-state index contributed by atoms with van der Waals surface area (Å²) in [7, 11) is 1.51. The number of halogens is 1. The highest BCUT2D eigenvalue weighted by Crippen LogP contribution is 2.34. The molecule has 6 heteroatoms. The van der Waals surface area contributed by atoms with Crippen LogP contribution in [0.15, 0.2) is 52.9 Å². The number of ether oxygens (including phenoxy) is 1. The van der Waals surface area contributed by atoms with Crippen LogP contribution in [0.25, 0.3) is 22.7 Å². The zero-order valence-corrected chi connectivity index (χ0v) is 13.6. The summed E-state index contributed by atoms with van der Waals surface area (Å²) >= 11 is 5.91. The summed E-state index contributed by atoms with van der Waals surface area (Å²) in [6.45, 7) is 0. The van der Waals surface area contributed by atoms with Crippen LogP contribution in [-0.4, -0.2) is 23.2 Å². The molecule has 24 heavy (non-hydrogen) atoms. The Morgan fingerprint density at radius 1 is 1.12 bits per heavy atom. The molecule has 3 rings (SSSR count). The molecule has 2 aromatic carbocycles. The Hall–Kier alpha value is -2.79. The first-order valence-electron chi connectivity index (χ1n) is 7.18. The van der Waals surface area contributed by atoms with E-state index in [1.54, 1.807) is 36.4 Å². The van der Waals surface area contributed by atoms with E-state index in [1.165, 1.54) is 7.11 Å². The van der Waals surface area contributed by atoms with E-state index in [1.807, 2.05) is 12.1 Å². The van der Waals surface area contributed by atoms with Gasteiger partial charge in [-0.25, -0.2) is 4.98 Å². The molecule has 0 bridgehead atoms. The molecule has 1 heterocycles. The molecule has 0 spiro atoms. The van der Waals surface area contributed by atoms with Crippen LogP contribution in [0.5, 0.6) is 5.95 Å². The van der Waals surface area contributed by atoms with Crippen LogP contribution < -0.4 is 4.74 Å². The molecule has 5 nitrogen and oxygen atoms in total. The van der Waals surface area contributed by atoms with Gasteiger partial charge in [-0.1, -0.05) is 35.9 Å². The lowest BCUT2D eigenvalue weighted by molar-refractivity contribution is -0.136. The molecule has 0 fully saturated rings. The summed E-state index contributed by atoms with van der Waals surface area (Å²) in [5.41, 5.74) is 2.86. The van der Waals surface area contributed by atoms with E-state index >= 15 is 0 Å². The second-order valence-electron chi connectivity index (χ2n) is 5.13. The molecule has 0 aliphatic rings. The maximum Gasteiger partial charge on any atom is 0.313 e. The van der Waals surface area contributed by atoms with Crippen LogP contribution in [0.2, 0.25) is 5.02 Å². The summed E-state index contributed by atoms with van der Waals surface area (Å²) in [6, 6.07) is 14.2. The number of methoxy groups -OCH3 is 1. The molecule has 0 atom stereocenters. The fraction of sp³-hybridized carbons (Fsp3) is 0.111. The normalized spacial score (nSPS) is 10.6. The largest absolute Gasteiger partial charge is 0.481 e. The smallest absolute Gasteiger partial charge is 0.313 e. The van der Waals surface area contributed by atoms with Gasteiger partial charge in [-0.2, -0.15) is 0 Å². The number of rotatable bonds is 5. The highest BCUT2D eigenvalue weighted by molar-refractivity contribution is 6.30. The number of aliphatic carboxylic acids is 1. The van der Waals surface area contributed by atoms with Crippen molar-refractivity contribution in [3.8, 4) is 28.7 Å². The Morgan fingerprint density at radius 2 is 1.75 bits per heavy atom. The van der Waals surface area contributed by atoms with Crippen molar-refractivity contribution in [2.24, 2.45) is 0 Å². The van der Waals surface area contributed by atoms with Crippen LogP contribution in [-0.2, 0) is 11.2 Å². The van der Waals surface area contributed by atoms with Crippen molar-refractivity contribution in [1.82, 2.24) is 4.98 Å². The van der Waals surface area contributed by atoms with Crippen LogP contribution in [0.1, 0.15) is 5.56 Å². The van der Waals surface area contributed by atoms with Gasteiger partial charge in [0.05, 0.1) is 13.5 Å². The third-order valence-electron chi connectivity index (χ3n) is 3.46. The standard InChI is InChI=1S/C18H14ClNO4/c1-23-18-16(12-6-8-14(19)9-7-12)20-17(24-18)13-4-2-11(3-5-13)10-15(21)22/h2-9H,10H2,1H3,(H,21,22). The van der Waals surface area contributed by atoms with Crippen LogP contribution in [0.4, 0.5) is 0 Å². The topological polar surface area (TPSA) is 72.6 Å². The fourth-order valence-corrected chi connectivity index (χ4v) is 2.42. The van der Waals surface area contributed by atoms with Gasteiger partial charge in [0.25, 0.3) is 0 Å². The highest BCUT2D eigenvalue weighted by atomic mass is 35.5. The van der Waals surface area contributed by atoms with Gasteiger partial charge in [-0.15, -0.1) is 0 Å². The number of benzene rings is 2. The Bertz CT molecular complexity index is 854. The van der Waals surface area contributed by atoms with Crippen molar-refractivity contribution >= 4 is 17.6 Å². The van der Waals surface area contributed by atoms with Crippen molar-refractivity contribution < 1.29 is 19.1 Å². The van der Waals surface area contributed by atoms with Gasteiger partial charge in [-0.3, -0.25) is 4.79 Å². The SMILES string of the molecule is COc1oc(-c2ccc(CC(=O)O)cc2)nc1-c1ccc(Cl)cc1. The number of hydrogen-bond donors (Lipinski definition) is 1. The average molecular weight is 344 g/mol. The lowest BCUT2D eigenvalue weighted by Gasteiger charge is -1.98. The Labute approximate surface area is 143 Å². The van der Waals surface area contributed by atoms with E-state index in [2.05, 4.69) is 4.98 Å². The average Bonchev–Trinajstić information content (AvgIpc) is 3.00. The van der Waals surface area contributed by atoms with Gasteiger partial charge < -0.3 is 14.3 Å². The zero-order valence-electron chi connectivity index (χ0n) is 12.8. The summed E-state index contributed by atoms with van der Waals surface area (Å²) in [4.78, 5) is 15.2. The van der Waals surface area contributed by atoms with E-state index in [-0.39, 0.29) is 6.42 Å². The van der Waals surface area contributed by atoms with E-state index in [4.69, 9.17) is 25.9 Å². The number of oxazole rings is 1. The predicted molar refractivity (Wildman–Crippen MR) is 90.3 cm³/mol. The Kier molecular flexibility index (Phi) is 4.53. The molecule has 0 unspecified atom stereocenters. The van der Waals surface area contributed by atoms with Crippen LogP contribution in [0, 0.1) is 0 Å². The van der Waals surface area contributed by atoms with E-state index in [9.17, 15) is 4.79 Å². The Morgan fingerprint density at radius 3 is 2.33 bits per heavy atom. The minimum Gasteiger partial charge on any atom is -0.481 e. The third kappa shape index (κ3) is 3.41. The monoisotopic (exact) mass is 343 g/mol. The number of carboxylic acid groups (broad SMARTS) is 1. The number of carbonyl (C=O) groups is 1. The van der Waals surface area contributed by atoms with Gasteiger partial charge in [-0.05, 0) is 29.8 Å². The number of carboxylic acids is 1. The molecule has 0 radical (unpaired) electrons. The van der Waals surface area contributed by atoms with E-state index in [0.29, 0.717) is 28.1 Å². The van der Waals surface area contributed by atoms with E-state index < -0.39 is 5.97 Å². The molecule has 1 aromatic heterocycles. The fourth-order valence-electron chi connectivity index (χ4n) is 2.30. The summed E-state index contributed by atoms with van der Waals surface area (Å²) in [6.07, 6.45) is -0.0226. The molecular weight excluding hydrogens is 330 g/mol. The van der Waals surface area contributed by atoms with Crippen molar-refractivity contribution in [2.75, 3.05) is 7.11 Å². The molecule has 0 saturated carbocycles. The lowest BCUT2D eigenvalue weighted by Crippen LogP contribution is -1.99. The van der Waals surface area contributed by atoms with Crippen molar-refractivity contribution in [3.05, 3.63) is 59.1 Å². The second kappa shape index (κ2) is 6.76. The maximum absolute atomic E-state index is 10.7. The quantitative estimate of drug-likeness (QED) is 0.747. The Balaban J connectivity index is 1.94. The number of hydrogen-bond acceptors (Lipinski definition) is 4. The lowest BCUT2D eigenvalue weighted by atomic mass is 10.1. The first-order valence-corrected chi connectivity index (χ1v) is 7.56. The summed E-state index contributed by atoms with van der Waals surface area (Å²) < 4.78 is 10.9. The van der Waals surface area contributed by atoms with Gasteiger partial charge in [0.1, 0.15) is 0 Å². The van der Waals surface area contributed by atoms with Crippen molar-refractivity contribution in [2.45, 2.75) is 6.42 Å². The van der Waals surface area contributed by atoms with Gasteiger partial charge in [0.2, 0.25) is 5.89 Å². The van der Waals surface area contributed by atoms with Crippen molar-refractivity contribution in [1.29, 1.82) is 0 Å². The zero-order chi connectivity index (χ0) is 17.1. The molecule has 0 aliphatic heterocycles. The molecule has 0 amide bonds. The van der Waals surface area contributed by atoms with E-state index in [0.717, 1.165) is 11.1 Å². The minimum absolute atomic E-state index is 0.0226. The van der Waals surface area contributed by atoms with Gasteiger partial charge in [0.15, 0.2) is 5.69 Å². The molecular formula is C18H14ClNO4. The molecule has 0 saturated heterocycles. The van der Waals surface area contributed by atoms with Crippen molar-refractivity contribution in [3.63, 3.8) is 0 Å². The summed E-state index contributed by atoms with van der Waals surface area (Å²) in [5, 5.41) is 9.45. The minimum atomic E-state index is -0.870. The maximum atomic E-state index is 10.7.